The normalized spacial score (nSPS) is 11.5. The van der Waals surface area contributed by atoms with Crippen molar-refractivity contribution in [1.82, 2.24) is 4.98 Å². The van der Waals surface area contributed by atoms with Crippen LogP contribution in [0.4, 0.5) is 0 Å². The first kappa shape index (κ1) is 8.01. The highest BCUT2D eigenvalue weighted by atomic mass is 16.3. The van der Waals surface area contributed by atoms with Crippen molar-refractivity contribution in [2.75, 3.05) is 0 Å². The number of Topliss-reactive ketones (excluding diaryl/α,β-unsaturated/α-hetero) is 1. The molecule has 0 aliphatic heterocycles. The van der Waals surface area contributed by atoms with Crippen molar-refractivity contribution >= 4 is 5.78 Å². The molecule has 1 aromatic rings. The quantitative estimate of drug-likeness (QED) is 0.622. The van der Waals surface area contributed by atoms with Gasteiger partial charge < -0.3 is 10.1 Å². The van der Waals surface area contributed by atoms with Crippen LogP contribution in [0.3, 0.4) is 0 Å². The minimum Gasteiger partial charge on any atom is -0.382 e. The van der Waals surface area contributed by atoms with E-state index >= 15 is 0 Å². The number of carbonyl (C=O) groups excluding carboxylic acids is 1. The van der Waals surface area contributed by atoms with E-state index in [1.54, 1.807) is 18.5 Å². The van der Waals surface area contributed by atoms with Gasteiger partial charge in [0.2, 0.25) is 0 Å². The second kappa shape index (κ2) is 2.51. The van der Waals surface area contributed by atoms with E-state index < -0.39 is 5.60 Å². The summed E-state index contributed by atoms with van der Waals surface area (Å²) < 4.78 is 0. The number of hydrogen-bond donors (Lipinski definition) is 2. The van der Waals surface area contributed by atoms with E-state index in [0.29, 0.717) is 5.56 Å². The Labute approximate surface area is 65.1 Å². The molecule has 0 aromatic carbocycles. The molecule has 1 heterocycles. The number of rotatable bonds is 2. The summed E-state index contributed by atoms with van der Waals surface area (Å²) in [6.45, 7) is 2.95. The summed E-state index contributed by atoms with van der Waals surface area (Å²) in [5.74, 6) is -0.265. The van der Waals surface area contributed by atoms with Crippen LogP contribution in [-0.2, 0) is 0 Å². The molecule has 0 radical (unpaired) electrons. The number of aromatic amines is 1. The van der Waals surface area contributed by atoms with Gasteiger partial charge in [0.25, 0.3) is 0 Å². The van der Waals surface area contributed by atoms with Gasteiger partial charge in [0.15, 0.2) is 5.78 Å². The summed E-state index contributed by atoms with van der Waals surface area (Å²) in [5, 5.41) is 9.29. The lowest BCUT2D eigenvalue weighted by Crippen LogP contribution is -2.30. The number of nitrogens with one attached hydrogen (secondary N) is 1. The zero-order valence-corrected chi connectivity index (χ0v) is 6.59. The largest absolute Gasteiger partial charge is 0.382 e. The molecule has 0 bridgehead atoms. The first-order valence-corrected chi connectivity index (χ1v) is 3.42. The molecule has 1 aromatic heterocycles. The summed E-state index contributed by atoms with van der Waals surface area (Å²) in [6, 6.07) is 1.64. The number of hydrogen-bond acceptors (Lipinski definition) is 2. The fourth-order valence-electron chi connectivity index (χ4n) is 0.818. The molecule has 0 spiro atoms. The molecule has 60 valence electrons. The Morgan fingerprint density at radius 2 is 2.27 bits per heavy atom. The fourth-order valence-corrected chi connectivity index (χ4v) is 0.818. The predicted octanol–water partition coefficient (Wildman–Crippen LogP) is 0.968. The van der Waals surface area contributed by atoms with Crippen LogP contribution in [0.25, 0.3) is 0 Å². The third-order valence-electron chi connectivity index (χ3n) is 1.42. The van der Waals surface area contributed by atoms with E-state index in [0.717, 1.165) is 0 Å². The van der Waals surface area contributed by atoms with Gasteiger partial charge in [-0.3, -0.25) is 4.79 Å². The molecule has 2 N–H and O–H groups in total. The minimum absolute atomic E-state index is 0.265. The lowest BCUT2D eigenvalue weighted by molar-refractivity contribution is 0.0488. The van der Waals surface area contributed by atoms with Gasteiger partial charge >= 0.3 is 0 Å². The van der Waals surface area contributed by atoms with E-state index in [4.69, 9.17) is 0 Å². The van der Waals surface area contributed by atoms with Crippen LogP contribution in [0.5, 0.6) is 0 Å². The molecule has 0 fully saturated rings. The third kappa shape index (κ3) is 1.68. The Morgan fingerprint density at radius 1 is 1.64 bits per heavy atom. The predicted molar refractivity (Wildman–Crippen MR) is 41.4 cm³/mol. The van der Waals surface area contributed by atoms with Gasteiger partial charge in [-0.2, -0.15) is 0 Å². The lowest BCUT2D eigenvalue weighted by atomic mass is 9.99. The molecule has 0 saturated heterocycles. The number of carbonyl (C=O) groups is 1. The number of ketones is 1. The highest BCUT2D eigenvalue weighted by Gasteiger charge is 2.24. The van der Waals surface area contributed by atoms with Crippen LogP contribution in [0.2, 0.25) is 0 Å². The Kier molecular flexibility index (Phi) is 1.83. The summed E-state index contributed by atoms with van der Waals surface area (Å²) in [4.78, 5) is 14.0. The summed E-state index contributed by atoms with van der Waals surface area (Å²) >= 11 is 0. The maximum atomic E-state index is 11.3. The second-order valence-corrected chi connectivity index (χ2v) is 2.99. The van der Waals surface area contributed by atoms with Crippen LogP contribution in [0.1, 0.15) is 24.2 Å². The SMILES string of the molecule is CC(C)(O)C(=O)c1cc[nH]c1. The third-order valence-corrected chi connectivity index (χ3v) is 1.42. The first-order chi connectivity index (χ1) is 5.02. The molecule has 1 rings (SSSR count). The summed E-state index contributed by atoms with van der Waals surface area (Å²) in [5.41, 5.74) is -0.764. The average molecular weight is 153 g/mol. The Morgan fingerprint density at radius 3 is 2.64 bits per heavy atom. The van der Waals surface area contributed by atoms with Gasteiger partial charge in [-0.15, -0.1) is 0 Å². The van der Waals surface area contributed by atoms with E-state index in [9.17, 15) is 9.90 Å². The van der Waals surface area contributed by atoms with Crippen molar-refractivity contribution in [3.63, 3.8) is 0 Å². The molecule has 0 amide bonds. The molecular formula is C8H11NO2. The summed E-state index contributed by atoms with van der Waals surface area (Å²) in [7, 11) is 0. The van der Waals surface area contributed by atoms with Crippen molar-refractivity contribution in [3.05, 3.63) is 24.0 Å². The van der Waals surface area contributed by atoms with Gasteiger partial charge in [0, 0.05) is 18.0 Å². The van der Waals surface area contributed by atoms with Gasteiger partial charge in [0.05, 0.1) is 0 Å². The molecule has 3 nitrogen and oxygen atoms in total. The van der Waals surface area contributed by atoms with Gasteiger partial charge in [0.1, 0.15) is 5.60 Å². The smallest absolute Gasteiger partial charge is 0.195 e. The summed E-state index contributed by atoms with van der Waals surface area (Å²) in [6.07, 6.45) is 3.22. The van der Waals surface area contributed by atoms with Crippen LogP contribution < -0.4 is 0 Å². The Balaban J connectivity index is 2.88. The van der Waals surface area contributed by atoms with Crippen molar-refractivity contribution in [3.8, 4) is 0 Å². The molecule has 0 saturated carbocycles. The van der Waals surface area contributed by atoms with Gasteiger partial charge in [-0.1, -0.05) is 0 Å². The maximum absolute atomic E-state index is 11.3. The molecule has 11 heavy (non-hydrogen) atoms. The van der Waals surface area contributed by atoms with Gasteiger partial charge in [-0.05, 0) is 19.9 Å². The van der Waals surface area contributed by atoms with Crippen molar-refractivity contribution in [2.24, 2.45) is 0 Å². The van der Waals surface area contributed by atoms with Crippen molar-refractivity contribution in [1.29, 1.82) is 0 Å². The first-order valence-electron chi connectivity index (χ1n) is 3.42. The zero-order valence-electron chi connectivity index (χ0n) is 6.59. The number of H-pyrrole nitrogens is 1. The molecule has 0 unspecified atom stereocenters. The van der Waals surface area contributed by atoms with Crippen molar-refractivity contribution in [2.45, 2.75) is 19.4 Å². The zero-order chi connectivity index (χ0) is 8.48. The van der Waals surface area contributed by atoms with Crippen LogP contribution in [-0.4, -0.2) is 21.5 Å². The van der Waals surface area contributed by atoms with E-state index in [2.05, 4.69) is 4.98 Å². The molecule has 0 atom stereocenters. The van der Waals surface area contributed by atoms with Crippen LogP contribution in [0, 0.1) is 0 Å². The topological polar surface area (TPSA) is 53.1 Å². The van der Waals surface area contributed by atoms with Crippen LogP contribution in [0.15, 0.2) is 18.5 Å². The molecular weight excluding hydrogens is 142 g/mol. The minimum atomic E-state index is -1.28. The maximum Gasteiger partial charge on any atom is 0.195 e. The highest BCUT2D eigenvalue weighted by molar-refractivity contribution is 6.01. The van der Waals surface area contributed by atoms with E-state index in [1.807, 2.05) is 0 Å². The second-order valence-electron chi connectivity index (χ2n) is 2.99. The average Bonchev–Trinajstić information content (AvgIpc) is 2.34. The standard InChI is InChI=1S/C8H11NO2/c1-8(2,11)7(10)6-3-4-9-5-6/h3-5,9,11H,1-2H3. The van der Waals surface area contributed by atoms with Crippen LogP contribution >= 0.6 is 0 Å². The molecule has 3 heteroatoms. The molecule has 0 aliphatic rings. The Hall–Kier alpha value is -1.09. The fraction of sp³-hybridized carbons (Fsp3) is 0.375. The highest BCUT2D eigenvalue weighted by Crippen LogP contribution is 2.10. The van der Waals surface area contributed by atoms with E-state index in [-0.39, 0.29) is 5.78 Å². The molecule has 0 aliphatic carbocycles. The lowest BCUT2D eigenvalue weighted by Gasteiger charge is -2.13. The van der Waals surface area contributed by atoms with Crippen molar-refractivity contribution < 1.29 is 9.90 Å². The number of aliphatic hydroxyl groups is 1. The monoisotopic (exact) mass is 153 g/mol. The van der Waals surface area contributed by atoms with E-state index in [1.165, 1.54) is 13.8 Å². The van der Waals surface area contributed by atoms with Gasteiger partial charge in [-0.25, -0.2) is 0 Å². The Bertz CT molecular complexity index is 244. The number of aromatic nitrogens is 1.